The summed E-state index contributed by atoms with van der Waals surface area (Å²) in [6.45, 7) is 4.20. The second kappa shape index (κ2) is 8.16. The quantitative estimate of drug-likeness (QED) is 0.711. The number of benzene rings is 1. The van der Waals surface area contributed by atoms with Crippen LogP contribution in [-0.4, -0.2) is 34.5 Å². The summed E-state index contributed by atoms with van der Waals surface area (Å²) < 4.78 is 0. The zero-order valence-electron chi connectivity index (χ0n) is 13.3. The Hall–Kier alpha value is -2.81. The van der Waals surface area contributed by atoms with Gasteiger partial charge in [0.05, 0.1) is 11.3 Å². The van der Waals surface area contributed by atoms with Crippen molar-refractivity contribution >= 4 is 39.9 Å². The molecule has 3 N–H and O–H groups in total. The average molecular weight is 347 g/mol. The van der Waals surface area contributed by atoms with Crippen molar-refractivity contribution in [2.75, 3.05) is 17.2 Å². The molecule has 9 heteroatoms. The third-order valence-electron chi connectivity index (χ3n) is 2.91. The van der Waals surface area contributed by atoms with Crippen molar-refractivity contribution in [1.82, 2.24) is 15.5 Å². The number of carbonyl (C=O) groups excluding carboxylic acids is 3. The van der Waals surface area contributed by atoms with Gasteiger partial charge in [0, 0.05) is 6.54 Å². The number of hydrogen-bond acceptors (Lipinski definition) is 6. The Morgan fingerprint density at radius 3 is 2.46 bits per heavy atom. The number of amides is 3. The maximum Gasteiger partial charge on any atom is 0.315 e. The van der Waals surface area contributed by atoms with Crippen LogP contribution in [0.5, 0.6) is 0 Å². The molecular formula is C15H17N5O3S. The van der Waals surface area contributed by atoms with Gasteiger partial charge in [-0.05, 0) is 25.5 Å². The van der Waals surface area contributed by atoms with Gasteiger partial charge in [-0.1, -0.05) is 30.4 Å². The largest absolute Gasteiger partial charge is 0.352 e. The van der Waals surface area contributed by atoms with Crippen molar-refractivity contribution in [3.05, 3.63) is 34.8 Å². The van der Waals surface area contributed by atoms with E-state index in [4.69, 9.17) is 0 Å². The molecule has 24 heavy (non-hydrogen) atoms. The fourth-order valence-corrected chi connectivity index (χ4v) is 2.39. The van der Waals surface area contributed by atoms with E-state index in [0.717, 1.165) is 17.8 Å². The third-order valence-corrected chi connectivity index (χ3v) is 3.66. The highest BCUT2D eigenvalue weighted by molar-refractivity contribution is 7.15. The fourth-order valence-electron chi connectivity index (χ4n) is 1.80. The predicted octanol–water partition coefficient (Wildman–Crippen LogP) is 1.56. The van der Waals surface area contributed by atoms with Crippen LogP contribution in [0.25, 0.3) is 0 Å². The first-order valence-corrected chi connectivity index (χ1v) is 8.12. The van der Waals surface area contributed by atoms with E-state index in [1.54, 1.807) is 31.2 Å². The summed E-state index contributed by atoms with van der Waals surface area (Å²) in [4.78, 5) is 36.0. The summed E-state index contributed by atoms with van der Waals surface area (Å²) in [6, 6.07) is 6.48. The maximum atomic E-state index is 12.1. The summed E-state index contributed by atoms with van der Waals surface area (Å²) in [5, 5.41) is 15.9. The molecule has 0 radical (unpaired) electrons. The molecule has 0 aliphatic carbocycles. The summed E-state index contributed by atoms with van der Waals surface area (Å²) in [7, 11) is 0. The van der Waals surface area contributed by atoms with Crippen LogP contribution in [0.15, 0.2) is 24.3 Å². The second-order valence-electron chi connectivity index (χ2n) is 4.84. The lowest BCUT2D eigenvalue weighted by Crippen LogP contribution is -2.31. The number of nitrogens with zero attached hydrogens (tertiary/aromatic N) is 2. The normalized spacial score (nSPS) is 10.1. The van der Waals surface area contributed by atoms with E-state index >= 15 is 0 Å². The van der Waals surface area contributed by atoms with Gasteiger partial charge in [0.2, 0.25) is 5.13 Å². The zero-order chi connectivity index (χ0) is 17.5. The van der Waals surface area contributed by atoms with Crippen LogP contribution in [0.1, 0.15) is 28.7 Å². The van der Waals surface area contributed by atoms with Gasteiger partial charge in [0.1, 0.15) is 5.01 Å². The van der Waals surface area contributed by atoms with E-state index in [0.29, 0.717) is 17.1 Å². The van der Waals surface area contributed by atoms with Crippen LogP contribution < -0.4 is 16.0 Å². The molecule has 1 aromatic heterocycles. The molecule has 0 saturated carbocycles. The van der Waals surface area contributed by atoms with Gasteiger partial charge in [-0.2, -0.15) is 0 Å². The van der Waals surface area contributed by atoms with E-state index in [-0.39, 0.29) is 16.7 Å². The molecule has 2 aromatic rings. The van der Waals surface area contributed by atoms with Crippen LogP contribution in [0.3, 0.4) is 0 Å². The van der Waals surface area contributed by atoms with Crippen LogP contribution in [0, 0.1) is 6.92 Å². The van der Waals surface area contributed by atoms with Crippen molar-refractivity contribution in [2.24, 2.45) is 0 Å². The van der Waals surface area contributed by atoms with E-state index in [1.165, 1.54) is 0 Å². The molecule has 0 bridgehead atoms. The summed E-state index contributed by atoms with van der Waals surface area (Å²) in [6.07, 6.45) is 0.796. The second-order valence-corrected chi connectivity index (χ2v) is 6.02. The summed E-state index contributed by atoms with van der Waals surface area (Å²) >= 11 is 1.16. The molecular weight excluding hydrogens is 330 g/mol. The number of anilines is 2. The minimum absolute atomic E-state index is 0.238. The maximum absolute atomic E-state index is 12.1. The molecule has 0 atom stereocenters. The smallest absolute Gasteiger partial charge is 0.315 e. The lowest BCUT2D eigenvalue weighted by Gasteiger charge is -2.10. The molecule has 3 amide bonds. The highest BCUT2D eigenvalue weighted by Gasteiger charge is 2.19. The number of rotatable bonds is 5. The molecule has 0 saturated heterocycles. The molecule has 0 fully saturated rings. The number of carbonyl (C=O) groups is 3. The number of aromatic nitrogens is 2. The van der Waals surface area contributed by atoms with Crippen LogP contribution in [0.2, 0.25) is 0 Å². The highest BCUT2D eigenvalue weighted by atomic mass is 32.1. The Morgan fingerprint density at radius 1 is 1.08 bits per heavy atom. The lowest BCUT2D eigenvalue weighted by atomic mass is 10.1. The molecule has 1 heterocycles. The van der Waals surface area contributed by atoms with Gasteiger partial charge in [0.15, 0.2) is 0 Å². The van der Waals surface area contributed by atoms with Crippen LogP contribution >= 0.6 is 11.3 Å². The van der Waals surface area contributed by atoms with Gasteiger partial charge in [-0.15, -0.1) is 10.2 Å². The molecule has 2 rings (SSSR count). The SMILES string of the molecule is CCCNC(=O)c1ccccc1NC(=O)C(=O)Nc1nnc(C)s1. The molecule has 0 aliphatic heterocycles. The van der Waals surface area contributed by atoms with Gasteiger partial charge >= 0.3 is 11.8 Å². The van der Waals surface area contributed by atoms with E-state index in [9.17, 15) is 14.4 Å². The van der Waals surface area contributed by atoms with Crippen molar-refractivity contribution in [3.8, 4) is 0 Å². The minimum atomic E-state index is -0.890. The van der Waals surface area contributed by atoms with Crippen molar-refractivity contribution in [2.45, 2.75) is 20.3 Å². The predicted molar refractivity (Wildman–Crippen MR) is 91.0 cm³/mol. The Kier molecular flexibility index (Phi) is 5.96. The molecule has 1 aromatic carbocycles. The van der Waals surface area contributed by atoms with Gasteiger partial charge in [-0.25, -0.2) is 0 Å². The molecule has 0 aliphatic rings. The standard InChI is InChI=1S/C15H17N5O3S/c1-3-8-16-12(21)10-6-4-5-7-11(10)17-13(22)14(23)18-15-20-19-9(2)24-15/h4-7H,3,8H2,1-2H3,(H,16,21)(H,17,22)(H,18,20,23). The Labute approximate surface area is 142 Å². The van der Waals surface area contributed by atoms with Crippen molar-refractivity contribution in [3.63, 3.8) is 0 Å². The van der Waals surface area contributed by atoms with E-state index in [1.807, 2.05) is 6.92 Å². The third kappa shape index (κ3) is 4.59. The Morgan fingerprint density at radius 2 is 1.79 bits per heavy atom. The Balaban J connectivity index is 2.05. The highest BCUT2D eigenvalue weighted by Crippen LogP contribution is 2.16. The number of hydrogen-bond donors (Lipinski definition) is 3. The Bertz CT molecular complexity index is 759. The molecule has 0 unspecified atom stereocenters. The first kappa shape index (κ1) is 17.5. The molecule has 0 spiro atoms. The lowest BCUT2D eigenvalue weighted by molar-refractivity contribution is -0.133. The van der Waals surface area contributed by atoms with E-state index in [2.05, 4.69) is 26.1 Å². The van der Waals surface area contributed by atoms with Crippen LogP contribution in [0.4, 0.5) is 10.8 Å². The number of nitrogens with one attached hydrogen (secondary N) is 3. The zero-order valence-corrected chi connectivity index (χ0v) is 14.1. The molecule has 8 nitrogen and oxygen atoms in total. The first-order valence-electron chi connectivity index (χ1n) is 7.31. The van der Waals surface area contributed by atoms with Gasteiger partial charge in [-0.3, -0.25) is 19.7 Å². The van der Waals surface area contributed by atoms with E-state index < -0.39 is 11.8 Å². The number of aryl methyl sites for hydroxylation is 1. The topological polar surface area (TPSA) is 113 Å². The minimum Gasteiger partial charge on any atom is -0.352 e. The number of para-hydroxylation sites is 1. The average Bonchev–Trinajstić information content (AvgIpc) is 2.98. The molecule has 126 valence electrons. The monoisotopic (exact) mass is 347 g/mol. The van der Waals surface area contributed by atoms with Crippen LogP contribution in [-0.2, 0) is 9.59 Å². The van der Waals surface area contributed by atoms with Gasteiger partial charge < -0.3 is 10.6 Å². The summed E-state index contributed by atoms with van der Waals surface area (Å²) in [5.41, 5.74) is 0.554. The fraction of sp³-hybridized carbons (Fsp3) is 0.267. The van der Waals surface area contributed by atoms with Crippen molar-refractivity contribution in [1.29, 1.82) is 0 Å². The van der Waals surface area contributed by atoms with Crippen molar-refractivity contribution < 1.29 is 14.4 Å². The van der Waals surface area contributed by atoms with Gasteiger partial charge in [0.25, 0.3) is 5.91 Å². The summed E-state index contributed by atoms with van der Waals surface area (Å²) in [5.74, 6) is -2.08. The first-order chi connectivity index (χ1) is 11.5.